The van der Waals surface area contributed by atoms with E-state index in [0.717, 1.165) is 55.4 Å². The van der Waals surface area contributed by atoms with Gasteiger partial charge >= 0.3 is 5.97 Å². The number of aliphatic carboxylic acids is 1. The Balaban J connectivity index is 1.76. The normalized spacial score (nSPS) is 20.5. The Labute approximate surface area is 166 Å². The molecule has 1 amide bonds. The van der Waals surface area contributed by atoms with E-state index in [2.05, 4.69) is 5.32 Å². The summed E-state index contributed by atoms with van der Waals surface area (Å²) < 4.78 is 10.8. The van der Waals surface area contributed by atoms with Crippen LogP contribution in [0.1, 0.15) is 49.7 Å². The van der Waals surface area contributed by atoms with E-state index in [1.165, 1.54) is 0 Å². The second-order valence-corrected chi connectivity index (χ2v) is 8.08. The predicted molar refractivity (Wildman–Crippen MR) is 106 cm³/mol. The number of hydrogen-bond acceptors (Lipinski definition) is 4. The zero-order valence-corrected chi connectivity index (χ0v) is 16.8. The van der Waals surface area contributed by atoms with Crippen LogP contribution < -0.4 is 10.1 Å². The van der Waals surface area contributed by atoms with E-state index in [1.807, 2.05) is 25.1 Å². The van der Waals surface area contributed by atoms with E-state index in [9.17, 15) is 14.7 Å². The predicted octanol–water partition coefficient (Wildman–Crippen LogP) is 3.06. The molecule has 6 heteroatoms. The molecule has 0 bridgehead atoms. The molecule has 0 spiro atoms. The number of ether oxygens (including phenoxy) is 2. The fourth-order valence-corrected chi connectivity index (χ4v) is 4.69. The number of carbonyl (C=O) groups excluding carboxylic acids is 1. The first-order chi connectivity index (χ1) is 13.5. The van der Waals surface area contributed by atoms with E-state index in [-0.39, 0.29) is 18.4 Å². The Morgan fingerprint density at radius 2 is 1.96 bits per heavy atom. The quantitative estimate of drug-likeness (QED) is 0.749. The summed E-state index contributed by atoms with van der Waals surface area (Å²) in [7, 11) is 1.64. The number of carboxylic acid groups (broad SMARTS) is 1. The van der Waals surface area contributed by atoms with Crippen LogP contribution in [0.15, 0.2) is 18.2 Å². The first-order valence-corrected chi connectivity index (χ1v) is 10.2. The second-order valence-electron chi connectivity index (χ2n) is 8.08. The standard InChI is InChI=1S/C22H31NO5/c1-15-5-6-17(13-19(15)27-2)22(9-3-4-10-22)21(26)23-14-18(20(24)25)16-7-11-28-12-8-16/h5-6,13,16,18H,3-4,7-12,14H2,1-2H3,(H,23,26)(H,24,25). The molecule has 0 aromatic heterocycles. The molecule has 1 aliphatic heterocycles. The van der Waals surface area contributed by atoms with Crippen LogP contribution in [-0.4, -0.2) is 43.9 Å². The lowest BCUT2D eigenvalue weighted by atomic mass is 9.77. The van der Waals surface area contributed by atoms with Crippen molar-refractivity contribution in [1.82, 2.24) is 5.32 Å². The number of rotatable bonds is 7. The van der Waals surface area contributed by atoms with Gasteiger partial charge < -0.3 is 19.9 Å². The number of amides is 1. The number of aryl methyl sites for hydroxylation is 1. The van der Waals surface area contributed by atoms with E-state index in [1.54, 1.807) is 7.11 Å². The van der Waals surface area contributed by atoms with Gasteiger partial charge in [-0.15, -0.1) is 0 Å². The van der Waals surface area contributed by atoms with E-state index < -0.39 is 17.3 Å². The number of methoxy groups -OCH3 is 1. The fourth-order valence-electron chi connectivity index (χ4n) is 4.69. The lowest BCUT2D eigenvalue weighted by Gasteiger charge is -2.31. The SMILES string of the molecule is COc1cc(C2(C(=O)NCC(C(=O)O)C3CCOCC3)CCCC2)ccc1C. The zero-order valence-electron chi connectivity index (χ0n) is 16.8. The number of nitrogens with one attached hydrogen (secondary N) is 1. The maximum atomic E-state index is 13.3. The highest BCUT2D eigenvalue weighted by Crippen LogP contribution is 2.43. The molecule has 2 N–H and O–H groups in total. The first-order valence-electron chi connectivity index (χ1n) is 10.2. The molecule has 1 heterocycles. The minimum atomic E-state index is -0.843. The Morgan fingerprint density at radius 3 is 2.57 bits per heavy atom. The first kappa shape index (κ1) is 20.6. The number of carbonyl (C=O) groups is 2. The molecule has 1 aromatic carbocycles. The van der Waals surface area contributed by atoms with Gasteiger partial charge in [0, 0.05) is 19.8 Å². The van der Waals surface area contributed by atoms with E-state index in [4.69, 9.17) is 9.47 Å². The number of carboxylic acids is 1. The summed E-state index contributed by atoms with van der Waals surface area (Å²) in [6.07, 6.45) is 5.00. The highest BCUT2D eigenvalue weighted by molar-refractivity contribution is 5.89. The maximum Gasteiger partial charge on any atom is 0.308 e. The fraction of sp³-hybridized carbons (Fsp3) is 0.636. The lowest BCUT2D eigenvalue weighted by Crippen LogP contribution is -2.46. The van der Waals surface area contributed by atoms with Crippen LogP contribution in [0.2, 0.25) is 0 Å². The van der Waals surface area contributed by atoms with Crippen molar-refractivity contribution in [3.63, 3.8) is 0 Å². The Hall–Kier alpha value is -2.08. The maximum absolute atomic E-state index is 13.3. The Kier molecular flexibility index (Phi) is 6.60. The molecule has 28 heavy (non-hydrogen) atoms. The molecular formula is C22H31NO5. The van der Waals surface area contributed by atoms with Gasteiger partial charge in [0.2, 0.25) is 5.91 Å². The third kappa shape index (κ3) is 4.17. The van der Waals surface area contributed by atoms with Crippen molar-refractivity contribution in [1.29, 1.82) is 0 Å². The molecule has 1 saturated heterocycles. The number of hydrogen-bond donors (Lipinski definition) is 2. The largest absolute Gasteiger partial charge is 0.496 e. The Morgan fingerprint density at radius 1 is 1.29 bits per heavy atom. The average molecular weight is 389 g/mol. The van der Waals surface area contributed by atoms with Crippen LogP contribution in [0, 0.1) is 18.8 Å². The van der Waals surface area contributed by atoms with Crippen molar-refractivity contribution in [3.8, 4) is 5.75 Å². The summed E-state index contributed by atoms with van der Waals surface area (Å²) in [6.45, 7) is 3.34. The van der Waals surface area contributed by atoms with Crippen LogP contribution in [0.4, 0.5) is 0 Å². The monoisotopic (exact) mass is 389 g/mol. The van der Waals surface area contributed by atoms with Crippen molar-refractivity contribution in [3.05, 3.63) is 29.3 Å². The van der Waals surface area contributed by atoms with Crippen LogP contribution >= 0.6 is 0 Å². The second kappa shape index (κ2) is 8.95. The molecule has 1 aliphatic carbocycles. The molecule has 1 unspecified atom stereocenters. The molecular weight excluding hydrogens is 358 g/mol. The molecule has 1 aromatic rings. The molecule has 3 rings (SSSR count). The number of benzene rings is 1. The van der Waals surface area contributed by atoms with Gasteiger partial charge in [-0.2, -0.15) is 0 Å². The molecule has 2 aliphatic rings. The topological polar surface area (TPSA) is 84.9 Å². The minimum Gasteiger partial charge on any atom is -0.496 e. The minimum absolute atomic E-state index is 0.0468. The van der Waals surface area contributed by atoms with Crippen LogP contribution in [-0.2, 0) is 19.7 Å². The van der Waals surface area contributed by atoms with Crippen molar-refractivity contribution < 1.29 is 24.2 Å². The van der Waals surface area contributed by atoms with Gasteiger partial charge in [0.25, 0.3) is 0 Å². The van der Waals surface area contributed by atoms with Gasteiger partial charge in [0.15, 0.2) is 0 Å². The molecule has 154 valence electrons. The van der Waals surface area contributed by atoms with Crippen molar-refractivity contribution in [2.75, 3.05) is 26.9 Å². The third-order valence-corrected chi connectivity index (χ3v) is 6.49. The van der Waals surface area contributed by atoms with Gasteiger partial charge in [-0.3, -0.25) is 9.59 Å². The van der Waals surface area contributed by atoms with Crippen LogP contribution in [0.5, 0.6) is 5.75 Å². The van der Waals surface area contributed by atoms with Crippen molar-refractivity contribution >= 4 is 11.9 Å². The summed E-state index contributed by atoms with van der Waals surface area (Å²) >= 11 is 0. The van der Waals surface area contributed by atoms with Crippen LogP contribution in [0.25, 0.3) is 0 Å². The van der Waals surface area contributed by atoms with Gasteiger partial charge in [-0.25, -0.2) is 0 Å². The molecule has 1 saturated carbocycles. The van der Waals surface area contributed by atoms with Gasteiger partial charge in [0.1, 0.15) is 5.75 Å². The summed E-state index contributed by atoms with van der Waals surface area (Å²) in [5, 5.41) is 12.7. The van der Waals surface area contributed by atoms with E-state index in [0.29, 0.717) is 13.2 Å². The molecule has 2 fully saturated rings. The lowest BCUT2D eigenvalue weighted by molar-refractivity contribution is -0.145. The molecule has 1 atom stereocenters. The van der Waals surface area contributed by atoms with Gasteiger partial charge in [-0.1, -0.05) is 25.0 Å². The summed E-state index contributed by atoms with van der Waals surface area (Å²) in [5.74, 6) is -0.648. The third-order valence-electron chi connectivity index (χ3n) is 6.49. The summed E-state index contributed by atoms with van der Waals surface area (Å²) in [6, 6.07) is 5.97. The van der Waals surface area contributed by atoms with Crippen molar-refractivity contribution in [2.24, 2.45) is 11.8 Å². The molecule has 6 nitrogen and oxygen atoms in total. The Bertz CT molecular complexity index is 705. The van der Waals surface area contributed by atoms with Crippen LogP contribution in [0.3, 0.4) is 0 Å². The van der Waals surface area contributed by atoms with E-state index >= 15 is 0 Å². The highest BCUT2D eigenvalue weighted by atomic mass is 16.5. The zero-order chi connectivity index (χ0) is 20.1. The smallest absolute Gasteiger partial charge is 0.308 e. The van der Waals surface area contributed by atoms with Crippen molar-refractivity contribution in [2.45, 2.75) is 50.9 Å². The van der Waals surface area contributed by atoms with Gasteiger partial charge in [0.05, 0.1) is 18.4 Å². The molecule has 0 radical (unpaired) electrons. The highest BCUT2D eigenvalue weighted by Gasteiger charge is 2.43. The summed E-state index contributed by atoms with van der Waals surface area (Å²) in [5.41, 5.74) is 1.40. The average Bonchev–Trinajstić information content (AvgIpc) is 3.20. The van der Waals surface area contributed by atoms with Gasteiger partial charge in [-0.05, 0) is 55.7 Å². The summed E-state index contributed by atoms with van der Waals surface area (Å²) in [4.78, 5) is 25.1.